The highest BCUT2D eigenvalue weighted by Gasteiger charge is 2.39. The Kier molecular flexibility index (Phi) is 6.54. The molecule has 35 heavy (non-hydrogen) atoms. The maximum absolute atomic E-state index is 13.8. The van der Waals surface area contributed by atoms with E-state index in [2.05, 4.69) is 15.1 Å². The van der Waals surface area contributed by atoms with E-state index in [4.69, 9.17) is 4.74 Å². The van der Waals surface area contributed by atoms with Crippen LogP contribution in [-0.4, -0.2) is 47.2 Å². The number of aromatic nitrogens is 7. The van der Waals surface area contributed by atoms with Crippen molar-refractivity contribution in [1.29, 1.82) is 0 Å². The molecule has 0 aliphatic rings. The number of fused-ring (bicyclic) bond motifs is 2. The molecule has 0 bridgehead atoms. The maximum Gasteiger partial charge on any atom is 0.449 e. The summed E-state index contributed by atoms with van der Waals surface area (Å²) >= 11 is 0. The number of alkyl halides is 3. The Morgan fingerprint density at radius 1 is 1.06 bits per heavy atom. The molecule has 0 saturated heterocycles. The van der Waals surface area contributed by atoms with Gasteiger partial charge in [0, 0.05) is 37.8 Å². The summed E-state index contributed by atoms with van der Waals surface area (Å²) in [4.78, 5) is 34.8. The van der Waals surface area contributed by atoms with Crippen molar-refractivity contribution < 1.29 is 17.9 Å². The van der Waals surface area contributed by atoms with Crippen LogP contribution in [0.1, 0.15) is 44.6 Å². The average Bonchev–Trinajstić information content (AvgIpc) is 3.39. The van der Waals surface area contributed by atoms with Gasteiger partial charge in [0.1, 0.15) is 0 Å². The standard InChI is InChI=1S/C22H26F3N7O3/c1-5-6-30-18-16(29(7-8-35-4)20(28-18)22(23,24)25)19(33)31(21(30)34)12-14-9-15-11-27-32(13(2)3)17(15)26-10-14/h9-11,13H,5-8,12H2,1-4H3. The van der Waals surface area contributed by atoms with Crippen LogP contribution < -0.4 is 11.2 Å². The van der Waals surface area contributed by atoms with Gasteiger partial charge in [0.15, 0.2) is 16.8 Å². The first-order valence-corrected chi connectivity index (χ1v) is 11.2. The van der Waals surface area contributed by atoms with Crippen LogP contribution in [0.25, 0.3) is 22.2 Å². The Labute approximate surface area is 197 Å². The van der Waals surface area contributed by atoms with Crippen molar-refractivity contribution >= 4 is 22.2 Å². The maximum atomic E-state index is 13.8. The zero-order valence-corrected chi connectivity index (χ0v) is 19.8. The van der Waals surface area contributed by atoms with Crippen molar-refractivity contribution in [2.24, 2.45) is 0 Å². The normalized spacial score (nSPS) is 12.5. The zero-order valence-electron chi connectivity index (χ0n) is 19.8. The fourth-order valence-corrected chi connectivity index (χ4v) is 4.10. The molecule has 0 aliphatic carbocycles. The molecule has 0 aliphatic heterocycles. The molecule has 0 atom stereocenters. The minimum Gasteiger partial charge on any atom is -0.383 e. The molecule has 4 heterocycles. The van der Waals surface area contributed by atoms with Gasteiger partial charge in [-0.05, 0) is 31.9 Å². The van der Waals surface area contributed by atoms with E-state index in [1.165, 1.54) is 13.3 Å². The lowest BCUT2D eigenvalue weighted by Crippen LogP contribution is -2.41. The number of nitrogens with zero attached hydrogens (tertiary/aromatic N) is 7. The molecule has 0 spiro atoms. The van der Waals surface area contributed by atoms with E-state index in [-0.39, 0.29) is 43.4 Å². The molecular weight excluding hydrogens is 467 g/mol. The van der Waals surface area contributed by atoms with Gasteiger partial charge in [-0.3, -0.25) is 13.9 Å². The SMILES string of the molecule is CCCn1c(=O)n(Cc2cnc3c(cnn3C(C)C)c2)c(=O)c2c1nc(C(F)(F)F)n2CCOC. The highest BCUT2D eigenvalue weighted by atomic mass is 19.4. The van der Waals surface area contributed by atoms with E-state index >= 15 is 0 Å². The van der Waals surface area contributed by atoms with E-state index in [0.29, 0.717) is 17.6 Å². The Morgan fingerprint density at radius 3 is 2.43 bits per heavy atom. The Hall–Kier alpha value is -3.48. The topological polar surface area (TPSA) is 102 Å². The van der Waals surface area contributed by atoms with E-state index in [1.807, 2.05) is 13.8 Å². The first-order chi connectivity index (χ1) is 16.6. The highest BCUT2D eigenvalue weighted by molar-refractivity contribution is 5.75. The molecule has 4 rings (SSSR count). The lowest BCUT2D eigenvalue weighted by atomic mass is 10.2. The monoisotopic (exact) mass is 493 g/mol. The number of aryl methyl sites for hydroxylation is 1. The van der Waals surface area contributed by atoms with Gasteiger partial charge in [-0.1, -0.05) is 6.92 Å². The van der Waals surface area contributed by atoms with Crippen LogP contribution in [0, 0.1) is 0 Å². The Morgan fingerprint density at radius 2 is 1.80 bits per heavy atom. The van der Waals surface area contributed by atoms with Crippen LogP contribution in [0.4, 0.5) is 13.2 Å². The molecule has 0 amide bonds. The summed E-state index contributed by atoms with van der Waals surface area (Å²) in [7, 11) is 1.35. The first-order valence-electron chi connectivity index (χ1n) is 11.2. The molecule has 0 aromatic carbocycles. The fraction of sp³-hybridized carbons (Fsp3) is 0.500. The van der Waals surface area contributed by atoms with Gasteiger partial charge in [0.25, 0.3) is 5.56 Å². The summed E-state index contributed by atoms with van der Waals surface area (Å²) in [6.07, 6.45) is -1.18. The molecule has 4 aromatic rings. The molecule has 4 aromatic heterocycles. The molecule has 10 nitrogen and oxygen atoms in total. The quantitative estimate of drug-likeness (QED) is 0.374. The predicted octanol–water partition coefficient (Wildman–Crippen LogP) is 2.81. The fourth-order valence-electron chi connectivity index (χ4n) is 4.10. The van der Waals surface area contributed by atoms with Gasteiger partial charge in [0.2, 0.25) is 5.82 Å². The Bertz CT molecular complexity index is 1490. The molecule has 0 fully saturated rings. The second kappa shape index (κ2) is 9.29. The van der Waals surface area contributed by atoms with Crippen LogP contribution in [0.15, 0.2) is 28.0 Å². The molecule has 0 radical (unpaired) electrons. The molecule has 188 valence electrons. The van der Waals surface area contributed by atoms with Gasteiger partial charge in [-0.2, -0.15) is 18.3 Å². The second-order valence-electron chi connectivity index (χ2n) is 8.51. The van der Waals surface area contributed by atoms with Gasteiger partial charge >= 0.3 is 11.9 Å². The highest BCUT2D eigenvalue weighted by Crippen LogP contribution is 2.30. The van der Waals surface area contributed by atoms with E-state index in [0.717, 1.165) is 19.1 Å². The number of rotatable bonds is 8. The van der Waals surface area contributed by atoms with Crippen molar-refractivity contribution in [3.05, 3.63) is 50.7 Å². The van der Waals surface area contributed by atoms with Crippen molar-refractivity contribution in [2.75, 3.05) is 13.7 Å². The predicted molar refractivity (Wildman–Crippen MR) is 122 cm³/mol. The number of methoxy groups -OCH3 is 1. The smallest absolute Gasteiger partial charge is 0.383 e. The van der Waals surface area contributed by atoms with Crippen molar-refractivity contribution in [1.82, 2.24) is 33.4 Å². The van der Waals surface area contributed by atoms with Crippen LogP contribution in [0.5, 0.6) is 0 Å². The van der Waals surface area contributed by atoms with Crippen LogP contribution in [0.2, 0.25) is 0 Å². The van der Waals surface area contributed by atoms with Crippen molar-refractivity contribution in [2.45, 2.75) is 59.0 Å². The van der Waals surface area contributed by atoms with Crippen molar-refractivity contribution in [3.63, 3.8) is 0 Å². The zero-order chi connectivity index (χ0) is 25.5. The number of halogens is 3. The summed E-state index contributed by atoms with van der Waals surface area (Å²) < 4.78 is 50.9. The van der Waals surface area contributed by atoms with E-state index < -0.39 is 23.2 Å². The molecule has 13 heteroatoms. The van der Waals surface area contributed by atoms with Crippen molar-refractivity contribution in [3.8, 4) is 0 Å². The second-order valence-corrected chi connectivity index (χ2v) is 8.51. The largest absolute Gasteiger partial charge is 0.449 e. The van der Waals surface area contributed by atoms with Gasteiger partial charge in [-0.25, -0.2) is 19.4 Å². The molecule has 0 saturated carbocycles. The molecule has 0 unspecified atom stereocenters. The number of pyridine rings is 1. The number of ether oxygens (including phenoxy) is 1. The number of hydrogen-bond acceptors (Lipinski definition) is 6. The third-order valence-corrected chi connectivity index (χ3v) is 5.65. The van der Waals surface area contributed by atoms with Gasteiger partial charge in [-0.15, -0.1) is 0 Å². The summed E-state index contributed by atoms with van der Waals surface area (Å²) in [6, 6.07) is 1.85. The molecule has 0 N–H and O–H groups in total. The minimum atomic E-state index is -4.82. The number of imidazole rings is 1. The summed E-state index contributed by atoms with van der Waals surface area (Å²) in [5, 5.41) is 5.04. The van der Waals surface area contributed by atoms with Crippen LogP contribution in [0.3, 0.4) is 0 Å². The lowest BCUT2D eigenvalue weighted by molar-refractivity contribution is -0.147. The third kappa shape index (κ3) is 4.35. The van der Waals surface area contributed by atoms with Crippen LogP contribution >= 0.6 is 0 Å². The lowest BCUT2D eigenvalue weighted by Gasteiger charge is -2.13. The first kappa shape index (κ1) is 24.6. The van der Waals surface area contributed by atoms with Gasteiger partial charge in [0.05, 0.1) is 19.3 Å². The van der Waals surface area contributed by atoms with Crippen LogP contribution in [-0.2, 0) is 30.5 Å². The third-order valence-electron chi connectivity index (χ3n) is 5.65. The molecular formula is C22H26F3N7O3. The summed E-state index contributed by atoms with van der Waals surface area (Å²) in [5.41, 5.74) is -0.955. The number of hydrogen-bond donors (Lipinski definition) is 0. The van der Waals surface area contributed by atoms with E-state index in [1.54, 1.807) is 23.9 Å². The van der Waals surface area contributed by atoms with Gasteiger partial charge < -0.3 is 9.30 Å². The summed E-state index contributed by atoms with van der Waals surface area (Å²) in [5.74, 6) is -1.24. The Balaban J connectivity index is 1.93. The average molecular weight is 493 g/mol. The van der Waals surface area contributed by atoms with E-state index in [9.17, 15) is 22.8 Å². The minimum absolute atomic E-state index is 0.0681. The summed E-state index contributed by atoms with van der Waals surface area (Å²) in [6.45, 7) is 5.34.